The smallest absolute Gasteiger partial charge is 0.261 e. The average molecular weight is 433 g/mol. The van der Waals surface area contributed by atoms with Crippen molar-refractivity contribution in [3.8, 4) is 5.75 Å². The molecule has 5 nitrogen and oxygen atoms in total. The van der Waals surface area contributed by atoms with Crippen LogP contribution in [0.25, 0.3) is 10.8 Å². The van der Waals surface area contributed by atoms with Gasteiger partial charge in [0.15, 0.2) is 0 Å². The predicted molar refractivity (Wildman–Crippen MR) is 125 cm³/mol. The van der Waals surface area contributed by atoms with E-state index < -0.39 is 10.0 Å². The van der Waals surface area contributed by atoms with Gasteiger partial charge in [0.25, 0.3) is 10.0 Å². The number of benzene rings is 4. The lowest BCUT2D eigenvalue weighted by atomic mass is 10.1. The van der Waals surface area contributed by atoms with Gasteiger partial charge < -0.3 is 10.4 Å². The monoisotopic (exact) mass is 432 g/mol. The molecule has 6 heteroatoms. The van der Waals surface area contributed by atoms with Crippen molar-refractivity contribution in [3.63, 3.8) is 0 Å². The van der Waals surface area contributed by atoms with Crippen LogP contribution in [-0.2, 0) is 23.0 Å². The molecule has 0 unspecified atom stereocenters. The number of rotatable bonds is 8. The number of aromatic hydroxyl groups is 1. The maximum absolute atomic E-state index is 12.9. The van der Waals surface area contributed by atoms with Gasteiger partial charge in [-0.25, -0.2) is 8.42 Å². The van der Waals surface area contributed by atoms with E-state index in [-0.39, 0.29) is 10.6 Å². The summed E-state index contributed by atoms with van der Waals surface area (Å²) in [4.78, 5) is 0.237. The van der Waals surface area contributed by atoms with Crippen molar-refractivity contribution < 1.29 is 13.5 Å². The summed E-state index contributed by atoms with van der Waals surface area (Å²) in [5.74, 6) is 0.267. The zero-order valence-electron chi connectivity index (χ0n) is 17.0. The van der Waals surface area contributed by atoms with Crippen LogP contribution in [-0.4, -0.2) is 20.1 Å². The highest BCUT2D eigenvalue weighted by atomic mass is 32.2. The maximum Gasteiger partial charge on any atom is 0.261 e. The van der Waals surface area contributed by atoms with E-state index in [2.05, 4.69) is 10.0 Å². The first-order valence-corrected chi connectivity index (χ1v) is 11.6. The highest BCUT2D eigenvalue weighted by Crippen LogP contribution is 2.22. The lowest BCUT2D eigenvalue weighted by Crippen LogP contribution is -2.17. The Morgan fingerprint density at radius 3 is 2.35 bits per heavy atom. The summed E-state index contributed by atoms with van der Waals surface area (Å²) in [6.07, 6.45) is 0.794. The summed E-state index contributed by atoms with van der Waals surface area (Å²) in [6, 6.07) is 27.4. The second-order valence-electron chi connectivity index (χ2n) is 7.41. The molecule has 0 atom stereocenters. The first kappa shape index (κ1) is 20.9. The number of sulfonamides is 1. The average Bonchev–Trinajstić information content (AvgIpc) is 2.76. The SMILES string of the molecule is O=S(=O)(Nc1cccc(CNCCc2cccc(O)c2)c1)c1ccc2ccccc2c1. The van der Waals surface area contributed by atoms with Crippen LogP contribution in [0.2, 0.25) is 0 Å². The Kier molecular flexibility index (Phi) is 6.21. The number of phenols is 1. The Hall–Kier alpha value is -3.35. The second-order valence-corrected chi connectivity index (χ2v) is 9.09. The lowest BCUT2D eigenvalue weighted by Gasteiger charge is -2.11. The molecule has 0 aliphatic rings. The first-order valence-electron chi connectivity index (χ1n) is 10.1. The van der Waals surface area contributed by atoms with Gasteiger partial charge >= 0.3 is 0 Å². The Bertz CT molecular complexity index is 1300. The van der Waals surface area contributed by atoms with Crippen LogP contribution in [0.3, 0.4) is 0 Å². The number of fused-ring (bicyclic) bond motifs is 1. The molecule has 0 saturated carbocycles. The molecular weight excluding hydrogens is 408 g/mol. The van der Waals surface area contributed by atoms with E-state index in [0.29, 0.717) is 12.2 Å². The molecule has 4 rings (SSSR count). The zero-order valence-corrected chi connectivity index (χ0v) is 17.8. The summed E-state index contributed by atoms with van der Waals surface area (Å²) in [7, 11) is -3.68. The van der Waals surface area contributed by atoms with Gasteiger partial charge in [-0.2, -0.15) is 0 Å². The fourth-order valence-electron chi connectivity index (χ4n) is 3.47. The molecular formula is C25H24N2O3S. The maximum atomic E-state index is 12.9. The molecule has 4 aromatic carbocycles. The second kappa shape index (κ2) is 9.20. The Balaban J connectivity index is 1.39. The molecule has 0 heterocycles. The van der Waals surface area contributed by atoms with E-state index in [1.165, 1.54) is 0 Å². The van der Waals surface area contributed by atoms with Crippen molar-refractivity contribution in [2.75, 3.05) is 11.3 Å². The van der Waals surface area contributed by atoms with E-state index in [4.69, 9.17) is 0 Å². The fraction of sp³-hybridized carbons (Fsp3) is 0.120. The summed E-state index contributed by atoms with van der Waals surface area (Å²) >= 11 is 0. The summed E-state index contributed by atoms with van der Waals surface area (Å²) in [6.45, 7) is 1.36. The van der Waals surface area contributed by atoms with Crippen LogP contribution in [0.15, 0.2) is 95.9 Å². The minimum absolute atomic E-state index is 0.237. The van der Waals surface area contributed by atoms with Crippen LogP contribution in [0.5, 0.6) is 5.75 Å². The van der Waals surface area contributed by atoms with Gasteiger partial charge in [0, 0.05) is 12.2 Å². The van der Waals surface area contributed by atoms with E-state index >= 15 is 0 Å². The Labute approximate surface area is 182 Å². The van der Waals surface area contributed by atoms with Crippen molar-refractivity contribution in [1.29, 1.82) is 0 Å². The summed E-state index contributed by atoms with van der Waals surface area (Å²) in [5, 5.41) is 14.8. The van der Waals surface area contributed by atoms with Gasteiger partial charge in [-0.1, -0.05) is 54.6 Å². The topological polar surface area (TPSA) is 78.4 Å². The molecule has 4 aromatic rings. The standard InChI is InChI=1S/C25H24N2O3S/c28-24-10-4-5-19(16-24)13-14-26-18-20-6-3-9-23(15-20)27-31(29,30)25-12-11-21-7-1-2-8-22(21)17-25/h1-12,15-17,26-28H,13-14,18H2. The molecule has 0 bridgehead atoms. The third-order valence-electron chi connectivity index (χ3n) is 5.04. The normalized spacial score (nSPS) is 11.5. The highest BCUT2D eigenvalue weighted by Gasteiger charge is 2.15. The quantitative estimate of drug-likeness (QED) is 0.353. The lowest BCUT2D eigenvalue weighted by molar-refractivity contribution is 0.474. The van der Waals surface area contributed by atoms with E-state index in [1.807, 2.05) is 60.7 Å². The van der Waals surface area contributed by atoms with Gasteiger partial charge in [0.2, 0.25) is 0 Å². The molecule has 0 fully saturated rings. The zero-order chi connectivity index (χ0) is 21.7. The van der Waals surface area contributed by atoms with Crippen molar-refractivity contribution >= 4 is 26.5 Å². The molecule has 0 aliphatic carbocycles. The largest absolute Gasteiger partial charge is 0.508 e. The van der Waals surface area contributed by atoms with Crippen LogP contribution >= 0.6 is 0 Å². The molecule has 0 spiro atoms. The third kappa shape index (κ3) is 5.42. The molecule has 31 heavy (non-hydrogen) atoms. The summed E-state index contributed by atoms with van der Waals surface area (Å²) < 4.78 is 28.4. The third-order valence-corrected chi connectivity index (χ3v) is 6.42. The van der Waals surface area contributed by atoms with Gasteiger partial charge in [0.1, 0.15) is 5.75 Å². The van der Waals surface area contributed by atoms with Crippen LogP contribution < -0.4 is 10.0 Å². The Morgan fingerprint density at radius 2 is 1.52 bits per heavy atom. The highest BCUT2D eigenvalue weighted by molar-refractivity contribution is 7.92. The Morgan fingerprint density at radius 1 is 0.742 bits per heavy atom. The molecule has 0 amide bonds. The number of nitrogens with one attached hydrogen (secondary N) is 2. The minimum Gasteiger partial charge on any atom is -0.508 e. The van der Waals surface area contributed by atoms with Crippen molar-refractivity contribution in [1.82, 2.24) is 5.32 Å². The van der Waals surface area contributed by atoms with Crippen LogP contribution in [0, 0.1) is 0 Å². The molecule has 3 N–H and O–H groups in total. The minimum atomic E-state index is -3.68. The number of hydrogen-bond donors (Lipinski definition) is 3. The van der Waals surface area contributed by atoms with Gasteiger partial charge in [-0.05, 0) is 71.3 Å². The first-order chi connectivity index (χ1) is 15.0. The fourth-order valence-corrected chi connectivity index (χ4v) is 4.56. The van der Waals surface area contributed by atoms with E-state index in [9.17, 15) is 13.5 Å². The molecule has 0 saturated heterocycles. The molecule has 158 valence electrons. The van der Waals surface area contributed by atoms with E-state index in [1.54, 1.807) is 30.3 Å². The molecule has 0 radical (unpaired) electrons. The van der Waals surface area contributed by atoms with Gasteiger partial charge in [-0.15, -0.1) is 0 Å². The van der Waals surface area contributed by atoms with Crippen LogP contribution in [0.4, 0.5) is 5.69 Å². The predicted octanol–water partition coefficient (Wildman–Crippen LogP) is 4.68. The van der Waals surface area contributed by atoms with Gasteiger partial charge in [-0.3, -0.25) is 4.72 Å². The molecule has 0 aliphatic heterocycles. The summed E-state index contributed by atoms with van der Waals surface area (Å²) in [5.41, 5.74) is 2.57. The van der Waals surface area contributed by atoms with Gasteiger partial charge in [0.05, 0.1) is 4.90 Å². The number of anilines is 1. The number of phenolic OH excluding ortho intramolecular Hbond substituents is 1. The van der Waals surface area contributed by atoms with Crippen molar-refractivity contribution in [2.24, 2.45) is 0 Å². The number of hydrogen-bond acceptors (Lipinski definition) is 4. The van der Waals surface area contributed by atoms with Crippen LogP contribution in [0.1, 0.15) is 11.1 Å². The van der Waals surface area contributed by atoms with Crippen molar-refractivity contribution in [2.45, 2.75) is 17.9 Å². The molecule has 0 aromatic heterocycles. The van der Waals surface area contributed by atoms with Crippen molar-refractivity contribution in [3.05, 3.63) is 102 Å². The van der Waals surface area contributed by atoms with E-state index in [0.717, 1.165) is 34.9 Å².